The first-order chi connectivity index (χ1) is 19.9. The van der Waals surface area contributed by atoms with Gasteiger partial charge in [-0.15, -0.1) is 5.10 Å². The van der Waals surface area contributed by atoms with Crippen LogP contribution in [-0.4, -0.2) is 39.6 Å². The molecule has 0 spiro atoms. The number of aromatic nitrogens is 3. The molecular formula is C30H24FN5O4S. The number of thiazole rings is 1. The highest BCUT2D eigenvalue weighted by molar-refractivity contribution is 7.15. The van der Waals surface area contributed by atoms with E-state index in [1.807, 2.05) is 24.3 Å². The maximum Gasteiger partial charge on any atom is 0.291 e. The number of hydrogen-bond acceptors (Lipinski definition) is 7. The Morgan fingerprint density at radius 2 is 1.78 bits per heavy atom. The molecule has 0 bridgehead atoms. The summed E-state index contributed by atoms with van der Waals surface area (Å²) in [6.45, 7) is 2.46. The lowest BCUT2D eigenvalue weighted by atomic mass is 10.1. The minimum atomic E-state index is -0.471. The quantitative estimate of drug-likeness (QED) is 0.283. The summed E-state index contributed by atoms with van der Waals surface area (Å²) in [4.78, 5) is 46.1. The van der Waals surface area contributed by atoms with Crippen LogP contribution in [0.4, 0.5) is 15.8 Å². The van der Waals surface area contributed by atoms with Crippen LogP contribution in [0.2, 0.25) is 0 Å². The highest BCUT2D eigenvalue weighted by atomic mass is 32.1. The molecular weight excluding hydrogens is 545 g/mol. The zero-order valence-corrected chi connectivity index (χ0v) is 22.8. The molecule has 2 aromatic heterocycles. The Hall–Kier alpha value is -4.90. The van der Waals surface area contributed by atoms with Crippen molar-refractivity contribution in [3.8, 4) is 17.1 Å². The lowest BCUT2D eigenvalue weighted by Gasteiger charge is -2.16. The van der Waals surface area contributed by atoms with Gasteiger partial charge in [-0.25, -0.2) is 4.39 Å². The number of amides is 2. The van der Waals surface area contributed by atoms with Crippen molar-refractivity contribution in [2.75, 3.05) is 23.4 Å². The average Bonchev–Trinajstić information content (AvgIpc) is 3.61. The smallest absolute Gasteiger partial charge is 0.291 e. The second kappa shape index (κ2) is 10.9. The van der Waals surface area contributed by atoms with Gasteiger partial charge in [-0.2, -0.15) is 9.50 Å². The number of carbonyl (C=O) groups excluding carboxylic acids is 2. The summed E-state index contributed by atoms with van der Waals surface area (Å²) in [5.74, 6) is -0.213. The highest BCUT2D eigenvalue weighted by Gasteiger charge is 2.35. The van der Waals surface area contributed by atoms with Gasteiger partial charge < -0.3 is 10.1 Å². The van der Waals surface area contributed by atoms with Crippen molar-refractivity contribution in [3.63, 3.8) is 0 Å². The van der Waals surface area contributed by atoms with Crippen LogP contribution in [0.1, 0.15) is 25.3 Å². The fraction of sp³-hybridized carbons (Fsp3) is 0.167. The molecule has 3 aromatic carbocycles. The monoisotopic (exact) mass is 569 g/mol. The maximum absolute atomic E-state index is 13.6. The summed E-state index contributed by atoms with van der Waals surface area (Å²) < 4.78 is 20.3. The van der Waals surface area contributed by atoms with E-state index in [2.05, 4.69) is 22.3 Å². The van der Waals surface area contributed by atoms with Crippen molar-refractivity contribution in [1.29, 1.82) is 0 Å². The lowest BCUT2D eigenvalue weighted by Crippen LogP contribution is -2.37. The van der Waals surface area contributed by atoms with Crippen LogP contribution in [0.15, 0.2) is 77.6 Å². The van der Waals surface area contributed by atoms with E-state index in [-0.39, 0.29) is 16.7 Å². The number of fused-ring (bicyclic) bond motifs is 2. The SMILES string of the molecule is CCCCOc1ccc(-c2nc3sc(=C4C(=O)N(CC(=O)Nc5ccc(F)cc5)c5ccccc54)c(=O)n3n2)cc1. The van der Waals surface area contributed by atoms with Crippen LogP contribution in [-0.2, 0) is 9.59 Å². The minimum absolute atomic E-state index is 0.199. The molecule has 41 heavy (non-hydrogen) atoms. The number of unbranched alkanes of at least 4 members (excludes halogenated alkanes) is 1. The van der Waals surface area contributed by atoms with E-state index in [1.165, 1.54) is 33.7 Å². The number of rotatable bonds is 8. The maximum atomic E-state index is 13.6. The van der Waals surface area contributed by atoms with Crippen LogP contribution in [0.5, 0.6) is 5.75 Å². The fourth-order valence-electron chi connectivity index (χ4n) is 4.58. The number of anilines is 2. The number of carbonyl (C=O) groups is 2. The van der Waals surface area contributed by atoms with Gasteiger partial charge in [-0.1, -0.05) is 42.9 Å². The van der Waals surface area contributed by atoms with Crippen LogP contribution >= 0.6 is 11.3 Å². The van der Waals surface area contributed by atoms with Crippen LogP contribution in [0.3, 0.4) is 0 Å². The molecule has 0 radical (unpaired) electrons. The number of benzene rings is 3. The highest BCUT2D eigenvalue weighted by Crippen LogP contribution is 2.35. The summed E-state index contributed by atoms with van der Waals surface area (Å²) in [6, 6.07) is 19.7. The zero-order valence-electron chi connectivity index (χ0n) is 22.0. The van der Waals surface area contributed by atoms with E-state index < -0.39 is 23.2 Å². The molecule has 9 nitrogen and oxygen atoms in total. The van der Waals surface area contributed by atoms with Gasteiger partial charge in [0.25, 0.3) is 11.5 Å². The molecule has 2 amide bonds. The Kier molecular flexibility index (Phi) is 7.02. The molecule has 0 unspecified atom stereocenters. The predicted molar refractivity (Wildman–Crippen MR) is 155 cm³/mol. The Labute approximate surface area is 237 Å². The van der Waals surface area contributed by atoms with Gasteiger partial charge in [0.15, 0.2) is 5.82 Å². The second-order valence-corrected chi connectivity index (χ2v) is 10.4. The van der Waals surface area contributed by atoms with Crippen molar-refractivity contribution >= 4 is 45.1 Å². The summed E-state index contributed by atoms with van der Waals surface area (Å²) in [6.07, 6.45) is 2.02. The van der Waals surface area contributed by atoms with Crippen LogP contribution in [0.25, 0.3) is 21.9 Å². The molecule has 0 saturated carbocycles. The Morgan fingerprint density at radius 3 is 2.51 bits per heavy atom. The average molecular weight is 570 g/mol. The van der Waals surface area contributed by atoms with Gasteiger partial charge in [0, 0.05) is 16.8 Å². The lowest BCUT2D eigenvalue weighted by molar-refractivity contribution is -0.118. The minimum Gasteiger partial charge on any atom is -0.494 e. The molecule has 5 aromatic rings. The van der Waals surface area contributed by atoms with Gasteiger partial charge >= 0.3 is 0 Å². The van der Waals surface area contributed by atoms with Crippen LogP contribution < -0.4 is 25.0 Å². The number of ether oxygens (including phenoxy) is 1. The fourth-order valence-corrected chi connectivity index (χ4v) is 5.57. The first-order valence-corrected chi connectivity index (χ1v) is 13.9. The molecule has 1 aliphatic heterocycles. The standard InChI is InChI=1S/C30H24FN5O4S/c1-2-3-16-40-21-14-8-18(9-15-21)27-33-30-36(34-27)29(39)26(41-30)25-22-6-4-5-7-23(22)35(28(25)38)17-24(37)32-20-12-10-19(31)11-13-20/h4-15H,2-3,16-17H2,1H3,(H,32,37). The van der Waals surface area contributed by atoms with Crippen molar-refractivity contribution in [2.45, 2.75) is 19.8 Å². The molecule has 0 fully saturated rings. The second-order valence-electron chi connectivity index (χ2n) is 9.43. The molecule has 206 valence electrons. The summed E-state index contributed by atoms with van der Waals surface area (Å²) >= 11 is 1.08. The number of nitrogens with one attached hydrogen (secondary N) is 1. The van der Waals surface area contributed by atoms with Gasteiger partial charge in [0.2, 0.25) is 10.9 Å². The zero-order chi connectivity index (χ0) is 28.5. The van der Waals surface area contributed by atoms with Crippen molar-refractivity contribution < 1.29 is 18.7 Å². The number of hydrogen-bond donors (Lipinski definition) is 1. The normalized spacial score (nSPS) is 14.0. The number of para-hydroxylation sites is 1. The van der Waals surface area contributed by atoms with Crippen LogP contribution in [0, 0.1) is 5.82 Å². The summed E-state index contributed by atoms with van der Waals surface area (Å²) in [7, 11) is 0. The van der Waals surface area contributed by atoms with E-state index in [0.29, 0.717) is 34.3 Å². The molecule has 11 heteroatoms. The molecule has 0 aliphatic carbocycles. The Balaban J connectivity index is 1.30. The molecule has 3 heterocycles. The van der Waals surface area contributed by atoms with Gasteiger partial charge in [0.05, 0.1) is 17.9 Å². The molecule has 0 saturated heterocycles. The molecule has 0 atom stereocenters. The molecule has 6 rings (SSSR count). The topological polar surface area (TPSA) is 106 Å². The third-order valence-corrected chi connectivity index (χ3v) is 7.65. The predicted octanol–water partition coefficient (Wildman–Crippen LogP) is 4.04. The van der Waals surface area contributed by atoms with Crippen molar-refractivity contribution in [1.82, 2.24) is 14.6 Å². The van der Waals surface area contributed by atoms with Gasteiger partial charge in [-0.3, -0.25) is 19.3 Å². The summed E-state index contributed by atoms with van der Waals surface area (Å²) in [5, 5.41) is 7.08. The molecule has 1 N–H and O–H groups in total. The third kappa shape index (κ3) is 5.07. The first kappa shape index (κ1) is 26.3. The number of halogens is 1. The van der Waals surface area contributed by atoms with Gasteiger partial charge in [-0.05, 0) is 61.0 Å². The van der Waals surface area contributed by atoms with E-state index in [4.69, 9.17) is 4.74 Å². The summed E-state index contributed by atoms with van der Waals surface area (Å²) in [5.41, 5.74) is 1.95. The Bertz CT molecular complexity index is 1880. The largest absolute Gasteiger partial charge is 0.494 e. The van der Waals surface area contributed by atoms with E-state index in [9.17, 15) is 18.8 Å². The van der Waals surface area contributed by atoms with Crippen molar-refractivity contribution in [3.05, 3.63) is 99.1 Å². The van der Waals surface area contributed by atoms with E-state index in [1.54, 1.807) is 24.3 Å². The molecule has 1 aliphatic rings. The first-order valence-electron chi connectivity index (χ1n) is 13.1. The van der Waals surface area contributed by atoms with Crippen molar-refractivity contribution in [2.24, 2.45) is 0 Å². The van der Waals surface area contributed by atoms with E-state index >= 15 is 0 Å². The van der Waals surface area contributed by atoms with E-state index in [0.717, 1.165) is 35.5 Å². The third-order valence-electron chi connectivity index (χ3n) is 6.62. The number of nitrogens with zero attached hydrogens (tertiary/aromatic N) is 4. The van der Waals surface area contributed by atoms with Gasteiger partial charge in [0.1, 0.15) is 22.6 Å². The Morgan fingerprint density at radius 1 is 1.02 bits per heavy atom.